The summed E-state index contributed by atoms with van der Waals surface area (Å²) in [5.74, 6) is 0.403. The summed E-state index contributed by atoms with van der Waals surface area (Å²) in [5.41, 5.74) is 6.11. The number of nitrogens with two attached hydrogens (primary N) is 1. The maximum absolute atomic E-state index is 11.7. The molecule has 0 saturated heterocycles. The van der Waals surface area contributed by atoms with Gasteiger partial charge in [0.25, 0.3) is 5.91 Å². The maximum Gasteiger partial charge on any atom is 0.260 e. The van der Waals surface area contributed by atoms with Gasteiger partial charge in [-0.05, 0) is 38.0 Å². The largest absolute Gasteiger partial charge is 0.481 e. The number of thiocarbonyl (C=S) groups is 1. The summed E-state index contributed by atoms with van der Waals surface area (Å²) < 4.78 is 5.54. The van der Waals surface area contributed by atoms with Crippen LogP contribution in [0, 0.1) is 0 Å². The molecule has 1 fully saturated rings. The van der Waals surface area contributed by atoms with Gasteiger partial charge >= 0.3 is 0 Å². The zero-order chi connectivity index (χ0) is 14.0. The third kappa shape index (κ3) is 3.81. The van der Waals surface area contributed by atoms with Gasteiger partial charge in [-0.3, -0.25) is 4.79 Å². The first-order valence-electron chi connectivity index (χ1n) is 6.03. The number of carbonyl (C=O) groups excluding carboxylic acids is 1. The smallest absolute Gasteiger partial charge is 0.260 e. The molecule has 2 rings (SSSR count). The van der Waals surface area contributed by atoms with E-state index in [1.807, 2.05) is 0 Å². The van der Waals surface area contributed by atoms with E-state index in [0.29, 0.717) is 22.4 Å². The lowest BCUT2D eigenvalue weighted by molar-refractivity contribution is -0.127. The van der Waals surface area contributed by atoms with E-state index in [1.54, 1.807) is 25.1 Å². The van der Waals surface area contributed by atoms with E-state index in [4.69, 9.17) is 34.3 Å². The van der Waals surface area contributed by atoms with E-state index in [0.717, 1.165) is 12.8 Å². The van der Waals surface area contributed by atoms with Crippen molar-refractivity contribution in [1.82, 2.24) is 5.32 Å². The molecular formula is C13H15ClN2O2S. The van der Waals surface area contributed by atoms with Crippen molar-refractivity contribution in [2.24, 2.45) is 5.73 Å². The fourth-order valence-electron chi connectivity index (χ4n) is 1.57. The molecule has 0 bridgehead atoms. The van der Waals surface area contributed by atoms with Gasteiger partial charge in [-0.1, -0.05) is 23.8 Å². The Kier molecular flexibility index (Phi) is 4.27. The lowest BCUT2D eigenvalue weighted by atomic mass is 10.2. The zero-order valence-corrected chi connectivity index (χ0v) is 12.1. The zero-order valence-electron chi connectivity index (χ0n) is 10.5. The van der Waals surface area contributed by atoms with E-state index in [2.05, 4.69) is 5.32 Å². The summed E-state index contributed by atoms with van der Waals surface area (Å²) in [6, 6.07) is 5.31. The second-order valence-electron chi connectivity index (χ2n) is 4.55. The van der Waals surface area contributed by atoms with Crippen molar-refractivity contribution >= 4 is 34.7 Å². The molecule has 19 heavy (non-hydrogen) atoms. The highest BCUT2D eigenvalue weighted by atomic mass is 35.5. The molecule has 0 aromatic heterocycles. The third-order valence-corrected chi connectivity index (χ3v) is 3.34. The van der Waals surface area contributed by atoms with Crippen molar-refractivity contribution in [1.29, 1.82) is 0 Å². The molecule has 0 spiro atoms. The van der Waals surface area contributed by atoms with Crippen LogP contribution in [-0.2, 0) is 4.79 Å². The number of halogens is 1. The van der Waals surface area contributed by atoms with Gasteiger partial charge in [0.2, 0.25) is 0 Å². The number of nitrogens with one attached hydrogen (secondary N) is 1. The average Bonchev–Trinajstić information content (AvgIpc) is 3.12. The fraction of sp³-hybridized carbons (Fsp3) is 0.385. The number of rotatable bonds is 5. The molecule has 0 heterocycles. The van der Waals surface area contributed by atoms with Gasteiger partial charge in [0, 0.05) is 11.6 Å². The normalized spacial score (nSPS) is 15.7. The number of amides is 1. The van der Waals surface area contributed by atoms with Crippen LogP contribution < -0.4 is 15.8 Å². The van der Waals surface area contributed by atoms with Crippen molar-refractivity contribution in [2.45, 2.75) is 31.9 Å². The minimum absolute atomic E-state index is 0.114. The number of hydrogen-bond donors (Lipinski definition) is 2. The van der Waals surface area contributed by atoms with Gasteiger partial charge in [0.1, 0.15) is 10.7 Å². The molecule has 4 nitrogen and oxygen atoms in total. The lowest BCUT2D eigenvalue weighted by Gasteiger charge is -2.15. The maximum atomic E-state index is 11.7. The summed E-state index contributed by atoms with van der Waals surface area (Å²) in [6.45, 7) is 1.70. The number of benzene rings is 1. The number of carbonyl (C=O) groups is 1. The van der Waals surface area contributed by atoms with Crippen LogP contribution in [0.3, 0.4) is 0 Å². The highest BCUT2D eigenvalue weighted by Crippen LogP contribution is 2.24. The molecule has 1 aromatic rings. The summed E-state index contributed by atoms with van der Waals surface area (Å²) >= 11 is 10.9. The minimum atomic E-state index is -0.563. The van der Waals surface area contributed by atoms with E-state index < -0.39 is 6.10 Å². The van der Waals surface area contributed by atoms with Gasteiger partial charge in [0.05, 0.1) is 5.02 Å². The Hall–Kier alpha value is -1.33. The SMILES string of the molecule is CC(Oc1ccc(C(N)=S)c(Cl)c1)C(=O)NC1CC1. The second kappa shape index (κ2) is 5.75. The molecule has 1 amide bonds. The molecule has 1 saturated carbocycles. The van der Waals surface area contributed by atoms with Crippen LogP contribution in [0.4, 0.5) is 0 Å². The summed E-state index contributed by atoms with van der Waals surface area (Å²) in [4.78, 5) is 12.0. The van der Waals surface area contributed by atoms with Gasteiger partial charge < -0.3 is 15.8 Å². The van der Waals surface area contributed by atoms with E-state index in [9.17, 15) is 4.79 Å². The molecule has 6 heteroatoms. The van der Waals surface area contributed by atoms with E-state index in [1.165, 1.54) is 0 Å². The predicted molar refractivity (Wildman–Crippen MR) is 78.6 cm³/mol. The Labute approximate surface area is 122 Å². The van der Waals surface area contributed by atoms with E-state index in [-0.39, 0.29) is 10.9 Å². The molecule has 1 atom stereocenters. The Balaban J connectivity index is 1.99. The third-order valence-electron chi connectivity index (χ3n) is 2.81. The van der Waals surface area contributed by atoms with Crippen molar-refractivity contribution in [3.8, 4) is 5.75 Å². The van der Waals surface area contributed by atoms with Gasteiger partial charge in [-0.25, -0.2) is 0 Å². The molecular weight excluding hydrogens is 284 g/mol. The summed E-state index contributed by atoms with van der Waals surface area (Å²) in [6.07, 6.45) is 1.53. The molecule has 0 radical (unpaired) electrons. The van der Waals surface area contributed by atoms with Crippen molar-refractivity contribution in [3.63, 3.8) is 0 Å². The molecule has 1 aliphatic rings. The topological polar surface area (TPSA) is 64.3 Å². The Morgan fingerprint density at radius 3 is 2.79 bits per heavy atom. The molecule has 1 aliphatic carbocycles. The van der Waals surface area contributed by atoms with Crippen LogP contribution in [0.2, 0.25) is 5.02 Å². The van der Waals surface area contributed by atoms with Crippen LogP contribution in [0.5, 0.6) is 5.75 Å². The highest BCUT2D eigenvalue weighted by Gasteiger charge is 2.26. The number of ether oxygens (including phenoxy) is 1. The van der Waals surface area contributed by atoms with Gasteiger partial charge in [-0.15, -0.1) is 0 Å². The highest BCUT2D eigenvalue weighted by molar-refractivity contribution is 7.80. The second-order valence-corrected chi connectivity index (χ2v) is 5.40. The van der Waals surface area contributed by atoms with Crippen LogP contribution in [0.15, 0.2) is 18.2 Å². The van der Waals surface area contributed by atoms with Gasteiger partial charge in [0.15, 0.2) is 6.10 Å². The first kappa shape index (κ1) is 14.1. The summed E-state index contributed by atoms with van der Waals surface area (Å²) in [5, 5.41) is 3.30. The first-order chi connectivity index (χ1) is 8.97. The monoisotopic (exact) mass is 298 g/mol. The van der Waals surface area contributed by atoms with Crippen LogP contribution in [0.25, 0.3) is 0 Å². The first-order valence-corrected chi connectivity index (χ1v) is 6.82. The standard InChI is InChI=1S/C13H15ClN2O2S/c1-7(13(17)16-8-2-3-8)18-9-4-5-10(12(15)19)11(14)6-9/h4-8H,2-3H2,1H3,(H2,15,19)(H,16,17). The van der Waals surface area contributed by atoms with Crippen LogP contribution in [0.1, 0.15) is 25.3 Å². The van der Waals surface area contributed by atoms with Crippen molar-refractivity contribution in [3.05, 3.63) is 28.8 Å². The van der Waals surface area contributed by atoms with Crippen LogP contribution in [-0.4, -0.2) is 23.0 Å². The Bertz CT molecular complexity index is 517. The molecule has 102 valence electrons. The quantitative estimate of drug-likeness (QED) is 0.816. The van der Waals surface area contributed by atoms with Crippen molar-refractivity contribution in [2.75, 3.05) is 0 Å². The predicted octanol–water partition coefficient (Wildman–Crippen LogP) is 2.02. The Morgan fingerprint density at radius 1 is 1.58 bits per heavy atom. The van der Waals surface area contributed by atoms with Gasteiger partial charge in [-0.2, -0.15) is 0 Å². The molecule has 0 aliphatic heterocycles. The fourth-order valence-corrected chi connectivity index (χ4v) is 2.08. The average molecular weight is 299 g/mol. The van der Waals surface area contributed by atoms with Crippen LogP contribution >= 0.6 is 23.8 Å². The Morgan fingerprint density at radius 2 is 2.26 bits per heavy atom. The molecule has 1 aromatic carbocycles. The summed E-state index contributed by atoms with van der Waals surface area (Å²) in [7, 11) is 0. The number of hydrogen-bond acceptors (Lipinski definition) is 3. The molecule has 1 unspecified atom stereocenters. The van der Waals surface area contributed by atoms with Crippen molar-refractivity contribution < 1.29 is 9.53 Å². The molecule has 3 N–H and O–H groups in total. The van der Waals surface area contributed by atoms with E-state index >= 15 is 0 Å². The minimum Gasteiger partial charge on any atom is -0.481 e. The lowest BCUT2D eigenvalue weighted by Crippen LogP contribution is -2.37.